The van der Waals surface area contributed by atoms with Gasteiger partial charge in [-0.15, -0.1) is 0 Å². The van der Waals surface area contributed by atoms with Gasteiger partial charge in [0.15, 0.2) is 5.78 Å². The number of ketones is 1. The largest absolute Gasteiger partial charge is 0.453 e. The third-order valence-corrected chi connectivity index (χ3v) is 2.76. The molecule has 0 fully saturated rings. The van der Waals surface area contributed by atoms with Crippen molar-refractivity contribution in [1.82, 2.24) is 5.32 Å². The van der Waals surface area contributed by atoms with Crippen LogP contribution in [0.3, 0.4) is 0 Å². The monoisotopic (exact) mass is 278 g/mol. The molecule has 0 atom stereocenters. The van der Waals surface area contributed by atoms with Crippen LogP contribution in [-0.4, -0.2) is 38.0 Å². The molecule has 0 aliphatic rings. The Morgan fingerprint density at radius 2 is 1.75 bits per heavy atom. The summed E-state index contributed by atoms with van der Waals surface area (Å²) >= 11 is 0. The van der Waals surface area contributed by atoms with E-state index in [4.69, 9.17) is 0 Å². The van der Waals surface area contributed by atoms with E-state index in [1.165, 1.54) is 25.9 Å². The van der Waals surface area contributed by atoms with Gasteiger partial charge in [0.2, 0.25) is 5.91 Å². The first-order chi connectivity index (χ1) is 9.45. The van der Waals surface area contributed by atoms with Crippen LogP contribution >= 0.6 is 0 Å². The molecule has 6 heteroatoms. The van der Waals surface area contributed by atoms with E-state index in [0.29, 0.717) is 17.8 Å². The Hall–Kier alpha value is -2.37. The zero-order valence-corrected chi connectivity index (χ0v) is 11.8. The highest BCUT2D eigenvalue weighted by molar-refractivity contribution is 5.96. The molecule has 1 rings (SSSR count). The minimum atomic E-state index is -0.541. The summed E-state index contributed by atoms with van der Waals surface area (Å²) in [5, 5.41) is 2.51. The number of ether oxygens (including phenoxy) is 1. The lowest BCUT2D eigenvalue weighted by Gasteiger charge is -2.21. The maximum absolute atomic E-state index is 11.6. The molecule has 1 N–H and O–H groups in total. The quantitative estimate of drug-likeness (QED) is 0.830. The fourth-order valence-corrected chi connectivity index (χ4v) is 1.69. The Kier molecular flexibility index (Phi) is 5.71. The van der Waals surface area contributed by atoms with Crippen molar-refractivity contribution in [3.8, 4) is 0 Å². The van der Waals surface area contributed by atoms with Gasteiger partial charge in [0.1, 0.15) is 0 Å². The molecule has 108 valence electrons. The van der Waals surface area contributed by atoms with Crippen LogP contribution in [-0.2, 0) is 9.53 Å². The van der Waals surface area contributed by atoms with Crippen molar-refractivity contribution in [3.63, 3.8) is 0 Å². The zero-order valence-electron chi connectivity index (χ0n) is 11.8. The van der Waals surface area contributed by atoms with Gasteiger partial charge >= 0.3 is 6.09 Å². The van der Waals surface area contributed by atoms with Crippen molar-refractivity contribution in [2.45, 2.75) is 13.8 Å². The SMILES string of the molecule is COC(=O)NCCN(C(C)=O)c1ccc(C(C)=O)cc1. The van der Waals surface area contributed by atoms with Crippen molar-refractivity contribution in [3.05, 3.63) is 29.8 Å². The van der Waals surface area contributed by atoms with Crippen LogP contribution in [0, 0.1) is 0 Å². The van der Waals surface area contributed by atoms with E-state index in [9.17, 15) is 14.4 Å². The Morgan fingerprint density at radius 1 is 1.15 bits per heavy atom. The van der Waals surface area contributed by atoms with Gasteiger partial charge in [0.05, 0.1) is 7.11 Å². The molecule has 1 aromatic carbocycles. The second-order valence-corrected chi connectivity index (χ2v) is 4.19. The number of anilines is 1. The molecule has 0 aliphatic heterocycles. The molecule has 0 saturated heterocycles. The molecule has 0 aromatic heterocycles. The summed E-state index contributed by atoms with van der Waals surface area (Å²) in [6.07, 6.45) is -0.541. The first-order valence-corrected chi connectivity index (χ1v) is 6.16. The molecular weight excluding hydrogens is 260 g/mol. The van der Waals surface area contributed by atoms with E-state index in [2.05, 4.69) is 10.1 Å². The second-order valence-electron chi connectivity index (χ2n) is 4.19. The number of hydrogen-bond acceptors (Lipinski definition) is 4. The number of nitrogens with zero attached hydrogens (tertiary/aromatic N) is 1. The third kappa shape index (κ3) is 4.38. The van der Waals surface area contributed by atoms with Crippen molar-refractivity contribution in [2.75, 3.05) is 25.1 Å². The second kappa shape index (κ2) is 7.28. The predicted molar refractivity (Wildman–Crippen MR) is 74.9 cm³/mol. The molecule has 0 spiro atoms. The molecule has 0 bridgehead atoms. The van der Waals surface area contributed by atoms with Crippen molar-refractivity contribution in [1.29, 1.82) is 0 Å². The molecule has 1 aromatic rings. The molecule has 0 saturated carbocycles. The standard InChI is InChI=1S/C14H18N2O4/c1-10(17)12-4-6-13(7-5-12)16(11(2)18)9-8-15-14(19)20-3/h4-7H,8-9H2,1-3H3,(H,15,19). The number of carbonyl (C=O) groups is 3. The lowest BCUT2D eigenvalue weighted by Crippen LogP contribution is -2.37. The normalized spacial score (nSPS) is 9.75. The summed E-state index contributed by atoms with van der Waals surface area (Å²) < 4.78 is 4.45. The topological polar surface area (TPSA) is 75.7 Å². The number of Topliss-reactive ketones (excluding diaryl/α,β-unsaturated/α-hetero) is 1. The van der Waals surface area contributed by atoms with Gasteiger partial charge in [-0.05, 0) is 31.2 Å². The summed E-state index contributed by atoms with van der Waals surface area (Å²) in [4.78, 5) is 35.3. The maximum atomic E-state index is 11.6. The minimum absolute atomic E-state index is 0.0294. The third-order valence-electron chi connectivity index (χ3n) is 2.76. The highest BCUT2D eigenvalue weighted by Crippen LogP contribution is 2.15. The van der Waals surface area contributed by atoms with Crippen LogP contribution in [0.4, 0.5) is 10.5 Å². The van der Waals surface area contributed by atoms with Crippen molar-refractivity contribution >= 4 is 23.5 Å². The van der Waals surface area contributed by atoms with Gasteiger partial charge < -0.3 is 15.0 Å². The van der Waals surface area contributed by atoms with Crippen molar-refractivity contribution in [2.24, 2.45) is 0 Å². The average molecular weight is 278 g/mol. The molecule has 0 heterocycles. The number of methoxy groups -OCH3 is 1. The summed E-state index contributed by atoms with van der Waals surface area (Å²) in [6.45, 7) is 3.53. The molecule has 6 nitrogen and oxygen atoms in total. The van der Waals surface area contributed by atoms with Gasteiger partial charge in [0, 0.05) is 31.3 Å². The Balaban J connectivity index is 2.73. The van der Waals surface area contributed by atoms with E-state index < -0.39 is 6.09 Å². The molecule has 0 unspecified atom stereocenters. The van der Waals surface area contributed by atoms with Gasteiger partial charge in [-0.2, -0.15) is 0 Å². The number of hydrogen-bond donors (Lipinski definition) is 1. The number of rotatable bonds is 5. The average Bonchev–Trinajstić information content (AvgIpc) is 2.43. The van der Waals surface area contributed by atoms with Crippen LogP contribution in [0.1, 0.15) is 24.2 Å². The van der Waals surface area contributed by atoms with E-state index in [1.807, 2.05) is 0 Å². The first kappa shape index (κ1) is 15.7. The smallest absolute Gasteiger partial charge is 0.406 e. The van der Waals surface area contributed by atoms with Gasteiger partial charge in [-0.1, -0.05) is 0 Å². The fourth-order valence-electron chi connectivity index (χ4n) is 1.69. The van der Waals surface area contributed by atoms with Crippen LogP contribution in [0.15, 0.2) is 24.3 Å². The number of benzene rings is 1. The number of alkyl carbamates (subject to hydrolysis) is 1. The minimum Gasteiger partial charge on any atom is -0.453 e. The van der Waals surface area contributed by atoms with E-state index in [0.717, 1.165) is 0 Å². The lowest BCUT2D eigenvalue weighted by atomic mass is 10.1. The molecule has 0 radical (unpaired) electrons. The van der Waals surface area contributed by atoms with Crippen LogP contribution in [0.5, 0.6) is 0 Å². The Morgan fingerprint density at radius 3 is 2.20 bits per heavy atom. The number of nitrogens with one attached hydrogen (secondary N) is 1. The van der Waals surface area contributed by atoms with Gasteiger partial charge in [-0.3, -0.25) is 9.59 Å². The van der Waals surface area contributed by atoms with Crippen LogP contribution in [0.25, 0.3) is 0 Å². The van der Waals surface area contributed by atoms with Gasteiger partial charge in [0.25, 0.3) is 0 Å². The Bertz CT molecular complexity index is 496. The highest BCUT2D eigenvalue weighted by Gasteiger charge is 2.12. The summed E-state index contributed by atoms with van der Waals surface area (Å²) in [5.41, 5.74) is 1.26. The Labute approximate surface area is 117 Å². The highest BCUT2D eigenvalue weighted by atomic mass is 16.5. The van der Waals surface area contributed by atoms with E-state index >= 15 is 0 Å². The van der Waals surface area contributed by atoms with Crippen LogP contribution < -0.4 is 10.2 Å². The summed E-state index contributed by atoms with van der Waals surface area (Å²) in [7, 11) is 1.28. The first-order valence-electron chi connectivity index (χ1n) is 6.16. The van der Waals surface area contributed by atoms with Crippen LogP contribution in [0.2, 0.25) is 0 Å². The molecule has 20 heavy (non-hydrogen) atoms. The molecule has 0 aliphatic carbocycles. The van der Waals surface area contributed by atoms with Gasteiger partial charge in [-0.25, -0.2) is 4.79 Å². The maximum Gasteiger partial charge on any atom is 0.406 e. The summed E-state index contributed by atoms with van der Waals surface area (Å²) in [5.74, 6) is -0.175. The van der Waals surface area contributed by atoms with E-state index in [1.54, 1.807) is 24.3 Å². The van der Waals surface area contributed by atoms with E-state index in [-0.39, 0.29) is 18.2 Å². The number of carbonyl (C=O) groups excluding carboxylic acids is 3. The lowest BCUT2D eigenvalue weighted by molar-refractivity contribution is -0.116. The van der Waals surface area contributed by atoms with Crippen molar-refractivity contribution < 1.29 is 19.1 Å². The summed E-state index contributed by atoms with van der Waals surface area (Å²) in [6, 6.07) is 6.75. The molecular formula is C14H18N2O4. The number of amides is 2. The molecule has 2 amide bonds. The predicted octanol–water partition coefficient (Wildman–Crippen LogP) is 1.60. The zero-order chi connectivity index (χ0) is 15.1. The fraction of sp³-hybridized carbons (Fsp3) is 0.357.